The number of amides is 1. The van der Waals surface area contributed by atoms with Gasteiger partial charge in [-0.25, -0.2) is 4.79 Å². The molecule has 1 amide bonds. The van der Waals surface area contributed by atoms with E-state index in [9.17, 15) is 14.7 Å². The molecule has 1 aromatic carbocycles. The van der Waals surface area contributed by atoms with Crippen molar-refractivity contribution in [3.05, 3.63) is 36.1 Å². The zero-order valence-electron chi connectivity index (χ0n) is 10.6. The van der Waals surface area contributed by atoms with Gasteiger partial charge in [0.05, 0.1) is 18.8 Å². The first kappa shape index (κ1) is 12.7. The molecule has 1 saturated heterocycles. The summed E-state index contributed by atoms with van der Waals surface area (Å²) in [5.41, 5.74) is 0.990. The first-order valence-electron chi connectivity index (χ1n) is 6.26. The number of benzene rings is 1. The number of furan rings is 1. The van der Waals surface area contributed by atoms with Gasteiger partial charge in [-0.15, -0.1) is 0 Å². The second-order valence-electron chi connectivity index (χ2n) is 4.57. The van der Waals surface area contributed by atoms with Crippen LogP contribution in [0.25, 0.3) is 11.0 Å². The SMILES string of the molecule is O=C(O)[C@H]1COCCN1C(=O)c1coc2ccccc12. The molecule has 1 atom stereocenters. The van der Waals surface area contributed by atoms with E-state index in [0.717, 1.165) is 0 Å². The predicted octanol–water partition coefficient (Wildman–Crippen LogP) is 1.36. The minimum Gasteiger partial charge on any atom is -0.480 e. The van der Waals surface area contributed by atoms with Crippen molar-refractivity contribution in [3.8, 4) is 0 Å². The summed E-state index contributed by atoms with van der Waals surface area (Å²) >= 11 is 0. The molecule has 0 saturated carbocycles. The summed E-state index contributed by atoms with van der Waals surface area (Å²) in [6.07, 6.45) is 1.38. The monoisotopic (exact) mass is 275 g/mol. The van der Waals surface area contributed by atoms with Crippen LogP contribution in [0.3, 0.4) is 0 Å². The number of para-hydroxylation sites is 1. The molecule has 20 heavy (non-hydrogen) atoms. The number of carbonyl (C=O) groups excluding carboxylic acids is 1. The van der Waals surface area contributed by atoms with Crippen LogP contribution in [0.2, 0.25) is 0 Å². The molecule has 1 fully saturated rings. The van der Waals surface area contributed by atoms with Crippen LogP contribution in [-0.4, -0.2) is 47.7 Å². The van der Waals surface area contributed by atoms with E-state index in [1.165, 1.54) is 11.2 Å². The van der Waals surface area contributed by atoms with Gasteiger partial charge in [0.25, 0.3) is 5.91 Å². The van der Waals surface area contributed by atoms with Crippen molar-refractivity contribution in [1.29, 1.82) is 0 Å². The summed E-state index contributed by atoms with van der Waals surface area (Å²) in [4.78, 5) is 25.1. The molecule has 6 nitrogen and oxygen atoms in total. The molecule has 0 radical (unpaired) electrons. The normalized spacial score (nSPS) is 19.2. The first-order chi connectivity index (χ1) is 9.68. The number of aliphatic carboxylic acids is 1. The average Bonchev–Trinajstić information content (AvgIpc) is 2.90. The summed E-state index contributed by atoms with van der Waals surface area (Å²) in [6.45, 7) is 0.609. The van der Waals surface area contributed by atoms with Gasteiger partial charge in [-0.1, -0.05) is 18.2 Å². The third-order valence-corrected chi connectivity index (χ3v) is 3.39. The third-order valence-electron chi connectivity index (χ3n) is 3.39. The molecule has 3 rings (SSSR count). The predicted molar refractivity (Wildman–Crippen MR) is 69.5 cm³/mol. The highest BCUT2D eigenvalue weighted by atomic mass is 16.5. The molecule has 0 aliphatic carbocycles. The smallest absolute Gasteiger partial charge is 0.328 e. The van der Waals surface area contributed by atoms with Crippen LogP contribution >= 0.6 is 0 Å². The number of hydrogen-bond donors (Lipinski definition) is 1. The van der Waals surface area contributed by atoms with Gasteiger partial charge in [-0.05, 0) is 6.07 Å². The fraction of sp³-hybridized carbons (Fsp3) is 0.286. The van der Waals surface area contributed by atoms with Gasteiger partial charge in [0.1, 0.15) is 11.8 Å². The van der Waals surface area contributed by atoms with Crippen molar-refractivity contribution in [2.45, 2.75) is 6.04 Å². The molecule has 2 aromatic rings. The van der Waals surface area contributed by atoms with Gasteiger partial charge < -0.3 is 19.2 Å². The van der Waals surface area contributed by atoms with Crippen LogP contribution in [-0.2, 0) is 9.53 Å². The Morgan fingerprint density at radius 2 is 2.10 bits per heavy atom. The highest BCUT2D eigenvalue weighted by Gasteiger charge is 2.34. The van der Waals surface area contributed by atoms with Gasteiger partial charge >= 0.3 is 5.97 Å². The number of morpholine rings is 1. The van der Waals surface area contributed by atoms with Crippen molar-refractivity contribution in [1.82, 2.24) is 4.90 Å². The van der Waals surface area contributed by atoms with Crippen LogP contribution in [0.1, 0.15) is 10.4 Å². The molecule has 1 aliphatic rings. The Labute approximate surface area is 114 Å². The lowest BCUT2D eigenvalue weighted by atomic mass is 10.1. The number of fused-ring (bicyclic) bond motifs is 1. The molecule has 1 N–H and O–H groups in total. The second kappa shape index (κ2) is 4.97. The lowest BCUT2D eigenvalue weighted by Gasteiger charge is -2.32. The molecule has 2 heterocycles. The fourth-order valence-corrected chi connectivity index (χ4v) is 2.35. The highest BCUT2D eigenvalue weighted by Crippen LogP contribution is 2.23. The largest absolute Gasteiger partial charge is 0.480 e. The molecule has 0 spiro atoms. The van der Waals surface area contributed by atoms with Gasteiger partial charge in [0.2, 0.25) is 0 Å². The highest BCUT2D eigenvalue weighted by molar-refractivity contribution is 6.06. The maximum Gasteiger partial charge on any atom is 0.328 e. The number of carboxylic acid groups (broad SMARTS) is 1. The molecule has 1 aromatic heterocycles. The van der Waals surface area contributed by atoms with Crippen LogP contribution in [0.4, 0.5) is 0 Å². The average molecular weight is 275 g/mol. The Balaban J connectivity index is 1.96. The number of ether oxygens (including phenoxy) is 1. The van der Waals surface area contributed by atoms with Crippen LogP contribution in [0.5, 0.6) is 0 Å². The molecule has 0 bridgehead atoms. The third kappa shape index (κ3) is 2.04. The van der Waals surface area contributed by atoms with E-state index in [0.29, 0.717) is 23.1 Å². The van der Waals surface area contributed by atoms with Crippen molar-refractivity contribution < 1.29 is 23.8 Å². The molecule has 1 aliphatic heterocycles. The summed E-state index contributed by atoms with van der Waals surface area (Å²) in [6, 6.07) is 6.21. The quantitative estimate of drug-likeness (QED) is 0.895. The number of carboxylic acids is 1. The Kier molecular flexibility index (Phi) is 3.15. The van der Waals surface area contributed by atoms with E-state index in [2.05, 4.69) is 0 Å². The molecular formula is C14H13NO5. The summed E-state index contributed by atoms with van der Waals surface area (Å²) < 4.78 is 10.5. The zero-order valence-corrected chi connectivity index (χ0v) is 10.6. The van der Waals surface area contributed by atoms with Gasteiger partial charge in [0.15, 0.2) is 6.04 Å². The summed E-state index contributed by atoms with van der Waals surface area (Å²) in [5.74, 6) is -1.41. The van der Waals surface area contributed by atoms with Crippen LogP contribution < -0.4 is 0 Å². The Bertz CT molecular complexity index is 662. The Morgan fingerprint density at radius 1 is 1.30 bits per heavy atom. The van der Waals surface area contributed by atoms with Crippen LogP contribution in [0, 0.1) is 0 Å². The van der Waals surface area contributed by atoms with Crippen molar-refractivity contribution in [2.75, 3.05) is 19.8 Å². The summed E-state index contributed by atoms with van der Waals surface area (Å²) in [7, 11) is 0. The Morgan fingerprint density at radius 3 is 2.90 bits per heavy atom. The zero-order chi connectivity index (χ0) is 14.1. The van der Waals surface area contributed by atoms with E-state index < -0.39 is 12.0 Å². The van der Waals surface area contributed by atoms with E-state index >= 15 is 0 Å². The molecular weight excluding hydrogens is 262 g/mol. The van der Waals surface area contributed by atoms with Crippen molar-refractivity contribution in [2.24, 2.45) is 0 Å². The number of rotatable bonds is 2. The summed E-state index contributed by atoms with van der Waals surface area (Å²) in [5, 5.41) is 9.86. The molecule has 0 unspecified atom stereocenters. The van der Waals surface area contributed by atoms with E-state index in [4.69, 9.17) is 9.15 Å². The minimum atomic E-state index is -1.06. The maximum atomic E-state index is 12.5. The minimum absolute atomic E-state index is 0.0108. The van der Waals surface area contributed by atoms with Gasteiger partial charge in [0, 0.05) is 11.9 Å². The van der Waals surface area contributed by atoms with Crippen molar-refractivity contribution >= 4 is 22.8 Å². The second-order valence-corrected chi connectivity index (χ2v) is 4.57. The maximum absolute atomic E-state index is 12.5. The topological polar surface area (TPSA) is 80.0 Å². The lowest BCUT2D eigenvalue weighted by molar-refractivity contribution is -0.147. The fourth-order valence-electron chi connectivity index (χ4n) is 2.35. The van der Waals surface area contributed by atoms with E-state index in [1.807, 2.05) is 12.1 Å². The van der Waals surface area contributed by atoms with Gasteiger partial charge in [-0.3, -0.25) is 4.79 Å². The Hall–Kier alpha value is -2.34. The van der Waals surface area contributed by atoms with Gasteiger partial charge in [-0.2, -0.15) is 0 Å². The van der Waals surface area contributed by atoms with E-state index in [1.54, 1.807) is 12.1 Å². The van der Waals surface area contributed by atoms with E-state index in [-0.39, 0.29) is 19.1 Å². The van der Waals surface area contributed by atoms with Crippen LogP contribution in [0.15, 0.2) is 34.9 Å². The number of carbonyl (C=O) groups is 2. The molecule has 104 valence electrons. The molecule has 6 heteroatoms. The van der Waals surface area contributed by atoms with Crippen molar-refractivity contribution in [3.63, 3.8) is 0 Å². The lowest BCUT2D eigenvalue weighted by Crippen LogP contribution is -2.52. The first-order valence-corrected chi connectivity index (χ1v) is 6.26. The number of hydrogen-bond acceptors (Lipinski definition) is 4. The number of nitrogens with zero attached hydrogens (tertiary/aromatic N) is 1. The standard InChI is InChI=1S/C14H13NO5/c16-13(15-5-6-19-8-11(15)14(17)18)10-7-20-12-4-2-1-3-9(10)12/h1-4,7,11H,5-6,8H2,(H,17,18)/t11-/m1/s1.